The number of rotatable bonds is 6. The van der Waals surface area contributed by atoms with Crippen LogP contribution in [0.1, 0.15) is 0 Å². The fourth-order valence-electron chi connectivity index (χ4n) is 5.14. The molecule has 0 spiro atoms. The predicted octanol–water partition coefficient (Wildman–Crippen LogP) is 6.12. The van der Waals surface area contributed by atoms with Gasteiger partial charge in [0, 0.05) is 31.8 Å². The van der Waals surface area contributed by atoms with Crippen molar-refractivity contribution >= 4 is 56.9 Å². The molecule has 6 rings (SSSR count). The van der Waals surface area contributed by atoms with Crippen LogP contribution in [0.2, 0.25) is 0 Å². The molecule has 0 radical (unpaired) electrons. The first-order valence-electron chi connectivity index (χ1n) is 12.6. The highest BCUT2D eigenvalue weighted by molar-refractivity contribution is 7.86. The van der Waals surface area contributed by atoms with Gasteiger partial charge >= 0.3 is 0 Å². The van der Waals surface area contributed by atoms with Crippen molar-refractivity contribution < 1.29 is 9.13 Å². The summed E-state index contributed by atoms with van der Waals surface area (Å²) in [7, 11) is -6.41. The maximum atomic E-state index is 15.3. The van der Waals surface area contributed by atoms with Crippen LogP contribution in [0.15, 0.2) is 158 Å². The fourth-order valence-corrected chi connectivity index (χ4v) is 10.7. The smallest absolute Gasteiger partial charge is 0.171 e. The molecule has 2 nitrogen and oxygen atoms in total. The number of benzene rings is 6. The molecule has 38 heavy (non-hydrogen) atoms. The van der Waals surface area contributed by atoms with Crippen LogP contribution < -0.4 is 31.8 Å². The van der Waals surface area contributed by atoms with E-state index in [9.17, 15) is 0 Å². The molecule has 0 amide bonds. The SMILES string of the molecule is O=P(c1ccccc1)(c1ccccc1)c1ccc2cccc(P(=O)(c3ccccc3)c3ccccc3)c2c1. The fraction of sp³-hybridized carbons (Fsp3) is 0. The highest BCUT2D eigenvalue weighted by Crippen LogP contribution is 2.46. The summed E-state index contributed by atoms with van der Waals surface area (Å²) in [4.78, 5) is 0. The Labute approximate surface area is 223 Å². The van der Waals surface area contributed by atoms with E-state index in [1.54, 1.807) is 0 Å². The minimum Gasteiger partial charge on any atom is -0.309 e. The second-order valence-corrected chi connectivity index (χ2v) is 14.7. The van der Waals surface area contributed by atoms with E-state index in [1.807, 2.05) is 158 Å². The zero-order valence-corrected chi connectivity index (χ0v) is 22.5. The summed E-state index contributed by atoms with van der Waals surface area (Å²) >= 11 is 0. The summed E-state index contributed by atoms with van der Waals surface area (Å²) in [6, 6.07) is 50.6. The lowest BCUT2D eigenvalue weighted by Crippen LogP contribution is -2.27. The average molecular weight is 529 g/mol. The normalized spacial score (nSPS) is 11.9. The van der Waals surface area contributed by atoms with Crippen molar-refractivity contribution in [3.05, 3.63) is 158 Å². The maximum absolute atomic E-state index is 15.3. The van der Waals surface area contributed by atoms with Gasteiger partial charge in [-0.1, -0.05) is 152 Å². The van der Waals surface area contributed by atoms with Crippen molar-refractivity contribution in [2.45, 2.75) is 0 Å². The molecular weight excluding hydrogens is 502 g/mol. The molecule has 0 N–H and O–H groups in total. The first kappa shape index (κ1) is 24.4. The lowest BCUT2D eigenvalue weighted by molar-refractivity contribution is 0.591. The van der Waals surface area contributed by atoms with Gasteiger partial charge in [-0.15, -0.1) is 0 Å². The Morgan fingerprint density at radius 3 is 1.21 bits per heavy atom. The van der Waals surface area contributed by atoms with Gasteiger partial charge in [0.15, 0.2) is 14.3 Å². The second-order valence-electron chi connectivity index (χ2n) is 9.24. The van der Waals surface area contributed by atoms with Gasteiger partial charge < -0.3 is 9.13 Å². The molecule has 0 unspecified atom stereocenters. The molecule has 4 heteroatoms. The number of hydrogen-bond acceptors (Lipinski definition) is 2. The van der Waals surface area contributed by atoms with Crippen LogP contribution in [0.3, 0.4) is 0 Å². The molecule has 0 aromatic heterocycles. The standard InChI is InChI=1S/C34H26O2P2/c35-37(28-15-5-1-6-16-28,29-17-7-2-8-18-29)32-25-24-27-14-13-23-34(33(27)26-32)38(36,30-19-9-3-10-20-30)31-21-11-4-12-22-31/h1-26H. The molecule has 6 aromatic rings. The molecule has 0 bridgehead atoms. The van der Waals surface area contributed by atoms with Crippen molar-refractivity contribution in [1.29, 1.82) is 0 Å². The molecule has 0 aliphatic carbocycles. The second kappa shape index (κ2) is 10.1. The first-order valence-corrected chi connectivity index (χ1v) is 16.0. The molecule has 0 heterocycles. The first-order chi connectivity index (χ1) is 18.6. The van der Waals surface area contributed by atoms with Crippen molar-refractivity contribution in [2.75, 3.05) is 0 Å². The number of hydrogen-bond donors (Lipinski definition) is 0. The zero-order valence-electron chi connectivity index (χ0n) is 20.7. The maximum Gasteiger partial charge on any atom is 0.171 e. The van der Waals surface area contributed by atoms with Gasteiger partial charge in [-0.3, -0.25) is 0 Å². The predicted molar refractivity (Wildman–Crippen MR) is 163 cm³/mol. The van der Waals surface area contributed by atoms with E-state index in [2.05, 4.69) is 0 Å². The minimum atomic E-state index is -3.23. The Hall–Kier alpha value is -3.96. The highest BCUT2D eigenvalue weighted by atomic mass is 31.2. The van der Waals surface area contributed by atoms with Crippen LogP contribution >= 0.6 is 14.3 Å². The van der Waals surface area contributed by atoms with Crippen LogP contribution in [-0.2, 0) is 9.13 Å². The largest absolute Gasteiger partial charge is 0.309 e. The van der Waals surface area contributed by atoms with Gasteiger partial charge in [-0.05, 0) is 16.8 Å². The lowest BCUT2D eigenvalue weighted by Gasteiger charge is -2.24. The van der Waals surface area contributed by atoms with Gasteiger partial charge in [0.25, 0.3) is 0 Å². The molecule has 0 atom stereocenters. The highest BCUT2D eigenvalue weighted by Gasteiger charge is 2.33. The minimum absolute atomic E-state index is 0.725. The summed E-state index contributed by atoms with van der Waals surface area (Å²) in [5.41, 5.74) is 0. The molecule has 0 saturated heterocycles. The zero-order chi connectivity index (χ0) is 26.0. The van der Waals surface area contributed by atoms with Gasteiger partial charge in [0.1, 0.15) is 0 Å². The van der Waals surface area contributed by atoms with E-state index in [-0.39, 0.29) is 0 Å². The topological polar surface area (TPSA) is 34.1 Å². The van der Waals surface area contributed by atoms with Crippen LogP contribution in [0.5, 0.6) is 0 Å². The average Bonchev–Trinajstić information content (AvgIpc) is 3.01. The van der Waals surface area contributed by atoms with Gasteiger partial charge in [0.05, 0.1) is 0 Å². The van der Waals surface area contributed by atoms with Crippen molar-refractivity contribution in [1.82, 2.24) is 0 Å². The van der Waals surface area contributed by atoms with E-state index in [4.69, 9.17) is 0 Å². The molecular formula is C34H26O2P2. The molecule has 0 aliphatic heterocycles. The van der Waals surface area contributed by atoms with Crippen LogP contribution in [0.25, 0.3) is 10.8 Å². The molecule has 0 fully saturated rings. The van der Waals surface area contributed by atoms with Gasteiger partial charge in [-0.25, -0.2) is 0 Å². The summed E-state index contributed by atoms with van der Waals surface area (Å²) in [5, 5.41) is 6.40. The monoisotopic (exact) mass is 528 g/mol. The van der Waals surface area contributed by atoms with Gasteiger partial charge in [-0.2, -0.15) is 0 Å². The summed E-state index contributed by atoms with van der Waals surface area (Å²) in [6.45, 7) is 0. The third-order valence-electron chi connectivity index (χ3n) is 7.02. The molecule has 6 aromatic carbocycles. The van der Waals surface area contributed by atoms with Gasteiger partial charge in [0.2, 0.25) is 0 Å². The van der Waals surface area contributed by atoms with E-state index in [0.29, 0.717) is 0 Å². The molecule has 0 aliphatic rings. The quantitative estimate of drug-likeness (QED) is 0.244. The summed E-state index contributed by atoms with van der Waals surface area (Å²) in [6.07, 6.45) is 0. The Balaban J connectivity index is 1.66. The number of fused-ring (bicyclic) bond motifs is 1. The Bertz CT molecular complexity index is 1710. The molecule has 184 valence electrons. The lowest BCUT2D eigenvalue weighted by atomic mass is 10.1. The van der Waals surface area contributed by atoms with Crippen molar-refractivity contribution in [3.63, 3.8) is 0 Å². The molecule has 0 saturated carbocycles. The van der Waals surface area contributed by atoms with Crippen molar-refractivity contribution in [3.8, 4) is 0 Å². The summed E-state index contributed by atoms with van der Waals surface area (Å²) in [5.74, 6) is 0. The van der Waals surface area contributed by atoms with E-state index in [1.165, 1.54) is 0 Å². The van der Waals surface area contributed by atoms with E-state index in [0.717, 1.165) is 42.6 Å². The van der Waals surface area contributed by atoms with E-state index >= 15 is 9.13 Å². The summed E-state index contributed by atoms with van der Waals surface area (Å²) < 4.78 is 30.4. The third-order valence-corrected chi connectivity index (χ3v) is 13.2. The van der Waals surface area contributed by atoms with Crippen LogP contribution in [-0.4, -0.2) is 0 Å². The Morgan fingerprint density at radius 2 is 0.763 bits per heavy atom. The van der Waals surface area contributed by atoms with E-state index < -0.39 is 14.3 Å². The Morgan fingerprint density at radius 1 is 0.342 bits per heavy atom. The Kier molecular flexibility index (Phi) is 6.46. The third kappa shape index (κ3) is 4.07. The van der Waals surface area contributed by atoms with Crippen LogP contribution in [0, 0.1) is 0 Å². The van der Waals surface area contributed by atoms with Crippen LogP contribution in [0.4, 0.5) is 0 Å². The van der Waals surface area contributed by atoms with Crippen molar-refractivity contribution in [2.24, 2.45) is 0 Å².